The monoisotopic (exact) mass is 272 g/mol. The highest BCUT2D eigenvalue weighted by atomic mass is 15.1. The van der Waals surface area contributed by atoms with Gasteiger partial charge in [0, 0.05) is 24.5 Å². The van der Waals surface area contributed by atoms with Crippen molar-refractivity contribution in [2.45, 2.75) is 33.7 Å². The van der Waals surface area contributed by atoms with Gasteiger partial charge in [0.15, 0.2) is 0 Å². The van der Waals surface area contributed by atoms with E-state index < -0.39 is 0 Å². The fraction of sp³-hybridized carbons (Fsp3) is 0.429. The molecule has 0 aromatic carbocycles. The molecule has 0 aliphatic rings. The highest BCUT2D eigenvalue weighted by Gasteiger charge is 2.04. The van der Waals surface area contributed by atoms with Gasteiger partial charge in [0.1, 0.15) is 5.82 Å². The Bertz CT molecular complexity index is 552. The fourth-order valence-electron chi connectivity index (χ4n) is 1.63. The summed E-state index contributed by atoms with van der Waals surface area (Å²) in [5, 5.41) is 6.45. The molecule has 0 bridgehead atoms. The van der Waals surface area contributed by atoms with Crippen LogP contribution in [0.15, 0.2) is 18.6 Å². The first-order valence-corrected chi connectivity index (χ1v) is 6.78. The van der Waals surface area contributed by atoms with Crippen molar-refractivity contribution >= 4 is 11.8 Å². The van der Waals surface area contributed by atoms with Crippen LogP contribution < -0.4 is 10.6 Å². The molecule has 0 saturated carbocycles. The minimum Gasteiger partial charge on any atom is -0.364 e. The maximum absolute atomic E-state index is 4.46. The van der Waals surface area contributed by atoms with Crippen molar-refractivity contribution in [1.29, 1.82) is 0 Å². The fourth-order valence-corrected chi connectivity index (χ4v) is 1.63. The molecular formula is C14H20N6. The molecule has 0 aliphatic carbocycles. The minimum atomic E-state index is 0.596. The van der Waals surface area contributed by atoms with Gasteiger partial charge >= 0.3 is 0 Å². The number of rotatable bonds is 6. The molecule has 0 radical (unpaired) electrons. The molecule has 0 unspecified atom stereocenters. The maximum atomic E-state index is 4.46. The number of nitrogens with one attached hydrogen (secondary N) is 2. The number of anilines is 2. The van der Waals surface area contributed by atoms with E-state index in [2.05, 4.69) is 37.5 Å². The smallest absolute Gasteiger partial charge is 0.224 e. The van der Waals surface area contributed by atoms with Gasteiger partial charge in [-0.15, -0.1) is 0 Å². The lowest BCUT2D eigenvalue weighted by Gasteiger charge is -2.10. The molecule has 2 heterocycles. The number of hydrogen-bond acceptors (Lipinski definition) is 6. The summed E-state index contributed by atoms with van der Waals surface area (Å²) in [6.45, 7) is 7.47. The van der Waals surface area contributed by atoms with E-state index in [9.17, 15) is 0 Å². The molecule has 2 aromatic rings. The second kappa shape index (κ2) is 6.79. The van der Waals surface area contributed by atoms with Crippen molar-refractivity contribution in [3.8, 4) is 0 Å². The number of aryl methyl sites for hydroxylation is 2. The quantitative estimate of drug-likeness (QED) is 0.840. The van der Waals surface area contributed by atoms with Crippen molar-refractivity contribution in [3.05, 3.63) is 35.5 Å². The molecule has 6 heteroatoms. The van der Waals surface area contributed by atoms with E-state index in [0.717, 1.165) is 35.7 Å². The van der Waals surface area contributed by atoms with Gasteiger partial charge < -0.3 is 10.6 Å². The summed E-state index contributed by atoms with van der Waals surface area (Å²) in [6.07, 6.45) is 6.39. The van der Waals surface area contributed by atoms with Crippen molar-refractivity contribution in [2.24, 2.45) is 0 Å². The lowest BCUT2D eigenvalue weighted by Crippen LogP contribution is -2.09. The average Bonchev–Trinajstić information content (AvgIpc) is 2.46. The molecule has 0 aliphatic heterocycles. The van der Waals surface area contributed by atoms with E-state index in [1.54, 1.807) is 12.4 Å². The molecule has 0 saturated heterocycles. The van der Waals surface area contributed by atoms with Gasteiger partial charge in [-0.3, -0.25) is 9.97 Å². The number of aromatic nitrogens is 4. The minimum absolute atomic E-state index is 0.596. The Hall–Kier alpha value is -2.24. The molecule has 2 rings (SSSR count). The molecule has 0 fully saturated rings. The van der Waals surface area contributed by atoms with Gasteiger partial charge in [0.2, 0.25) is 5.95 Å². The van der Waals surface area contributed by atoms with Crippen LogP contribution in [0.1, 0.15) is 30.3 Å². The first-order valence-electron chi connectivity index (χ1n) is 6.78. The summed E-state index contributed by atoms with van der Waals surface area (Å²) in [4.78, 5) is 17.2. The van der Waals surface area contributed by atoms with Crippen LogP contribution in [0.4, 0.5) is 11.8 Å². The Balaban J connectivity index is 2.02. The van der Waals surface area contributed by atoms with E-state index in [1.807, 2.05) is 20.0 Å². The van der Waals surface area contributed by atoms with Crippen LogP contribution in [-0.2, 0) is 6.54 Å². The third-order valence-electron chi connectivity index (χ3n) is 2.78. The van der Waals surface area contributed by atoms with Gasteiger partial charge in [0.05, 0.1) is 24.1 Å². The third kappa shape index (κ3) is 3.88. The first kappa shape index (κ1) is 14.2. The van der Waals surface area contributed by atoms with Crippen molar-refractivity contribution in [1.82, 2.24) is 19.9 Å². The average molecular weight is 272 g/mol. The Labute approximate surface area is 119 Å². The van der Waals surface area contributed by atoms with Gasteiger partial charge in [-0.05, 0) is 20.3 Å². The zero-order valence-electron chi connectivity index (χ0n) is 12.1. The molecule has 0 spiro atoms. The van der Waals surface area contributed by atoms with Crippen LogP contribution in [-0.4, -0.2) is 26.5 Å². The van der Waals surface area contributed by atoms with E-state index in [-0.39, 0.29) is 0 Å². The van der Waals surface area contributed by atoms with Crippen molar-refractivity contribution < 1.29 is 0 Å². The summed E-state index contributed by atoms with van der Waals surface area (Å²) >= 11 is 0. The van der Waals surface area contributed by atoms with E-state index >= 15 is 0 Å². The molecular weight excluding hydrogens is 252 g/mol. The summed E-state index contributed by atoms with van der Waals surface area (Å²) < 4.78 is 0. The third-order valence-corrected chi connectivity index (χ3v) is 2.78. The van der Waals surface area contributed by atoms with Gasteiger partial charge in [-0.1, -0.05) is 6.92 Å². The molecule has 0 atom stereocenters. The Morgan fingerprint density at radius 1 is 1.00 bits per heavy atom. The molecule has 6 nitrogen and oxygen atoms in total. The first-order chi connectivity index (χ1) is 9.69. The zero-order chi connectivity index (χ0) is 14.4. The summed E-state index contributed by atoms with van der Waals surface area (Å²) in [7, 11) is 0. The van der Waals surface area contributed by atoms with Crippen molar-refractivity contribution in [3.63, 3.8) is 0 Å². The second-order valence-electron chi connectivity index (χ2n) is 4.65. The Kier molecular flexibility index (Phi) is 4.81. The lowest BCUT2D eigenvalue weighted by molar-refractivity contribution is 0.939. The highest BCUT2D eigenvalue weighted by Crippen LogP contribution is 2.13. The molecule has 20 heavy (non-hydrogen) atoms. The number of hydrogen-bond donors (Lipinski definition) is 2. The standard InChI is InChI=1S/C14H20N6/c1-4-5-15-14-19-6-10(2)13(20-14)18-9-12-8-16-11(3)7-17-12/h6-8H,4-5,9H2,1-3H3,(H2,15,18,19,20). The summed E-state index contributed by atoms with van der Waals surface area (Å²) in [6, 6.07) is 0. The van der Waals surface area contributed by atoms with Crippen LogP contribution in [0.5, 0.6) is 0 Å². The van der Waals surface area contributed by atoms with Crippen LogP contribution >= 0.6 is 0 Å². The Morgan fingerprint density at radius 2 is 1.85 bits per heavy atom. The van der Waals surface area contributed by atoms with Gasteiger partial charge in [-0.2, -0.15) is 4.98 Å². The predicted molar refractivity (Wildman–Crippen MR) is 79.6 cm³/mol. The maximum Gasteiger partial charge on any atom is 0.224 e. The highest BCUT2D eigenvalue weighted by molar-refractivity contribution is 5.46. The lowest BCUT2D eigenvalue weighted by atomic mass is 10.3. The van der Waals surface area contributed by atoms with E-state index in [4.69, 9.17) is 0 Å². The largest absolute Gasteiger partial charge is 0.364 e. The summed E-state index contributed by atoms with van der Waals surface area (Å²) in [5.41, 5.74) is 2.81. The molecule has 106 valence electrons. The summed E-state index contributed by atoms with van der Waals surface area (Å²) in [5.74, 6) is 1.47. The van der Waals surface area contributed by atoms with Gasteiger partial charge in [-0.25, -0.2) is 4.98 Å². The number of nitrogens with zero attached hydrogens (tertiary/aromatic N) is 4. The van der Waals surface area contributed by atoms with Crippen LogP contribution in [0.2, 0.25) is 0 Å². The van der Waals surface area contributed by atoms with Crippen LogP contribution in [0.3, 0.4) is 0 Å². The van der Waals surface area contributed by atoms with Crippen LogP contribution in [0.25, 0.3) is 0 Å². The van der Waals surface area contributed by atoms with E-state index in [1.165, 1.54) is 0 Å². The molecule has 2 N–H and O–H groups in total. The molecule has 0 amide bonds. The second-order valence-corrected chi connectivity index (χ2v) is 4.65. The van der Waals surface area contributed by atoms with E-state index in [0.29, 0.717) is 12.5 Å². The van der Waals surface area contributed by atoms with Gasteiger partial charge in [0.25, 0.3) is 0 Å². The van der Waals surface area contributed by atoms with Crippen LogP contribution in [0, 0.1) is 13.8 Å². The normalized spacial score (nSPS) is 10.3. The van der Waals surface area contributed by atoms with Crippen molar-refractivity contribution in [2.75, 3.05) is 17.2 Å². The predicted octanol–water partition coefficient (Wildman–Crippen LogP) is 2.32. The zero-order valence-corrected chi connectivity index (χ0v) is 12.1. The topological polar surface area (TPSA) is 75.6 Å². The Morgan fingerprint density at radius 3 is 2.55 bits per heavy atom. The molecule has 2 aromatic heterocycles. The SMILES string of the molecule is CCCNc1ncc(C)c(NCc2cnc(C)cn2)n1.